The number of hydrogen-bond donors (Lipinski definition) is 0. The van der Waals surface area contributed by atoms with Crippen LogP contribution in [-0.4, -0.2) is 33.3 Å². The lowest BCUT2D eigenvalue weighted by Gasteiger charge is -2.04. The quantitative estimate of drug-likeness (QED) is 0.752. The van der Waals surface area contributed by atoms with Crippen molar-refractivity contribution in [1.82, 2.24) is 0 Å². The Balaban J connectivity index is 2.80. The number of ether oxygens (including phenoxy) is 1. The fraction of sp³-hybridized carbons (Fsp3) is 0.364. The van der Waals surface area contributed by atoms with Gasteiger partial charge in [0.25, 0.3) is 0 Å². The summed E-state index contributed by atoms with van der Waals surface area (Å²) in [5, 5.41) is 0. The van der Waals surface area contributed by atoms with Gasteiger partial charge in [0.2, 0.25) is 0 Å². The summed E-state index contributed by atoms with van der Waals surface area (Å²) in [6.07, 6.45) is 0.902. The van der Waals surface area contributed by atoms with Gasteiger partial charge in [0.1, 0.15) is 9.84 Å². The zero-order valence-electron chi connectivity index (χ0n) is 9.57. The van der Waals surface area contributed by atoms with E-state index in [1.807, 2.05) is 0 Å². The van der Waals surface area contributed by atoms with Crippen LogP contribution in [0, 0.1) is 5.82 Å². The summed E-state index contributed by atoms with van der Waals surface area (Å²) >= 11 is 0. The number of methoxy groups -OCH3 is 1. The smallest absolute Gasteiger partial charge is 0.165 e. The molecule has 0 N–H and O–H groups in total. The van der Waals surface area contributed by atoms with E-state index in [0.717, 1.165) is 12.3 Å². The van der Waals surface area contributed by atoms with Gasteiger partial charge in [0.15, 0.2) is 17.3 Å². The number of sulfone groups is 1. The average molecular weight is 260 g/mol. The summed E-state index contributed by atoms with van der Waals surface area (Å²) in [5.74, 6) is -1.24. The number of benzene rings is 1. The second-order valence-electron chi connectivity index (χ2n) is 3.65. The largest absolute Gasteiger partial charge is 0.494 e. The van der Waals surface area contributed by atoms with E-state index in [4.69, 9.17) is 4.74 Å². The van der Waals surface area contributed by atoms with Crippen LogP contribution < -0.4 is 4.74 Å². The molecule has 0 aliphatic rings. The van der Waals surface area contributed by atoms with Gasteiger partial charge in [-0.15, -0.1) is 0 Å². The Morgan fingerprint density at radius 2 is 2.06 bits per heavy atom. The van der Waals surface area contributed by atoms with Crippen molar-refractivity contribution in [1.29, 1.82) is 0 Å². The SMILES string of the molecule is COc1ccc(C(=O)CCS(C)(=O)=O)cc1F. The minimum absolute atomic E-state index is 0.0460. The molecule has 0 radical (unpaired) electrons. The van der Waals surface area contributed by atoms with Gasteiger partial charge < -0.3 is 4.74 Å². The van der Waals surface area contributed by atoms with Crippen LogP contribution in [0.3, 0.4) is 0 Å². The van der Waals surface area contributed by atoms with Gasteiger partial charge in [-0.25, -0.2) is 12.8 Å². The summed E-state index contributed by atoms with van der Waals surface area (Å²) in [6, 6.07) is 3.79. The zero-order valence-corrected chi connectivity index (χ0v) is 10.4. The predicted molar refractivity (Wildman–Crippen MR) is 61.6 cm³/mol. The van der Waals surface area contributed by atoms with Crippen LogP contribution in [0.1, 0.15) is 16.8 Å². The molecule has 0 bridgehead atoms. The molecule has 1 aromatic rings. The maximum Gasteiger partial charge on any atom is 0.165 e. The average Bonchev–Trinajstić information content (AvgIpc) is 2.24. The van der Waals surface area contributed by atoms with Crippen molar-refractivity contribution >= 4 is 15.6 Å². The highest BCUT2D eigenvalue weighted by molar-refractivity contribution is 7.90. The highest BCUT2D eigenvalue weighted by atomic mass is 32.2. The molecule has 0 unspecified atom stereocenters. The monoisotopic (exact) mass is 260 g/mol. The van der Waals surface area contributed by atoms with E-state index in [1.165, 1.54) is 19.2 Å². The van der Waals surface area contributed by atoms with Crippen molar-refractivity contribution in [2.75, 3.05) is 19.1 Å². The van der Waals surface area contributed by atoms with Crippen molar-refractivity contribution in [2.24, 2.45) is 0 Å². The third kappa shape index (κ3) is 4.14. The summed E-state index contributed by atoms with van der Waals surface area (Å²) in [5.41, 5.74) is 0.145. The molecule has 94 valence electrons. The Bertz CT molecular complexity index is 522. The molecule has 0 aliphatic carbocycles. The Kier molecular flexibility index (Phi) is 4.22. The molecular weight excluding hydrogens is 247 g/mol. The lowest BCUT2D eigenvalue weighted by atomic mass is 10.1. The third-order valence-electron chi connectivity index (χ3n) is 2.17. The van der Waals surface area contributed by atoms with Crippen molar-refractivity contribution in [3.05, 3.63) is 29.6 Å². The van der Waals surface area contributed by atoms with E-state index in [1.54, 1.807) is 0 Å². The molecule has 0 saturated carbocycles. The fourth-order valence-corrected chi connectivity index (χ4v) is 1.82. The van der Waals surface area contributed by atoms with E-state index in [-0.39, 0.29) is 23.5 Å². The second kappa shape index (κ2) is 5.27. The number of carbonyl (C=O) groups excluding carboxylic acids is 1. The highest BCUT2D eigenvalue weighted by Gasteiger charge is 2.12. The van der Waals surface area contributed by atoms with Gasteiger partial charge in [-0.2, -0.15) is 0 Å². The molecule has 0 saturated heterocycles. The summed E-state index contributed by atoms with van der Waals surface area (Å²) in [7, 11) is -1.87. The standard InChI is InChI=1S/C11H13FO4S/c1-16-11-4-3-8(7-9(11)12)10(13)5-6-17(2,14)15/h3-4,7H,5-6H2,1-2H3. The summed E-state index contributed by atoms with van der Waals surface area (Å²) < 4.78 is 39.8. The van der Waals surface area contributed by atoms with E-state index in [9.17, 15) is 17.6 Å². The first kappa shape index (κ1) is 13.6. The Hall–Kier alpha value is -1.43. The lowest BCUT2D eigenvalue weighted by Crippen LogP contribution is -2.09. The molecule has 0 amide bonds. The molecule has 17 heavy (non-hydrogen) atoms. The molecule has 0 aromatic heterocycles. The van der Waals surface area contributed by atoms with Gasteiger partial charge in [-0.1, -0.05) is 0 Å². The van der Waals surface area contributed by atoms with E-state index >= 15 is 0 Å². The Morgan fingerprint density at radius 3 is 2.53 bits per heavy atom. The zero-order chi connectivity index (χ0) is 13.1. The van der Waals surface area contributed by atoms with Crippen molar-refractivity contribution < 1.29 is 22.3 Å². The maximum atomic E-state index is 13.3. The minimum Gasteiger partial charge on any atom is -0.494 e. The third-order valence-corrected chi connectivity index (χ3v) is 3.12. The molecule has 4 nitrogen and oxygen atoms in total. The fourth-order valence-electron chi connectivity index (χ4n) is 1.26. The van der Waals surface area contributed by atoms with Gasteiger partial charge in [-0.05, 0) is 18.2 Å². The number of rotatable bonds is 5. The number of hydrogen-bond acceptors (Lipinski definition) is 4. The van der Waals surface area contributed by atoms with E-state index in [0.29, 0.717) is 0 Å². The van der Waals surface area contributed by atoms with Crippen molar-refractivity contribution in [2.45, 2.75) is 6.42 Å². The van der Waals surface area contributed by atoms with Crippen LogP contribution in [-0.2, 0) is 9.84 Å². The minimum atomic E-state index is -3.19. The number of Topliss-reactive ketones (excluding diaryl/α,β-unsaturated/α-hetero) is 1. The van der Waals surface area contributed by atoms with Crippen LogP contribution in [0.2, 0.25) is 0 Å². The van der Waals surface area contributed by atoms with Crippen LogP contribution in [0.15, 0.2) is 18.2 Å². The van der Waals surface area contributed by atoms with Crippen LogP contribution >= 0.6 is 0 Å². The lowest BCUT2D eigenvalue weighted by molar-refractivity contribution is 0.0988. The van der Waals surface area contributed by atoms with Crippen LogP contribution in [0.4, 0.5) is 4.39 Å². The molecule has 0 spiro atoms. The molecular formula is C11H13FO4S. The second-order valence-corrected chi connectivity index (χ2v) is 5.91. The number of carbonyl (C=O) groups is 1. The van der Waals surface area contributed by atoms with Crippen LogP contribution in [0.25, 0.3) is 0 Å². The van der Waals surface area contributed by atoms with E-state index < -0.39 is 21.4 Å². The first-order valence-electron chi connectivity index (χ1n) is 4.88. The Labute approximate surface area is 99.3 Å². The van der Waals surface area contributed by atoms with Crippen molar-refractivity contribution in [3.8, 4) is 5.75 Å². The van der Waals surface area contributed by atoms with Gasteiger partial charge >= 0.3 is 0 Å². The molecule has 0 atom stereocenters. The highest BCUT2D eigenvalue weighted by Crippen LogP contribution is 2.18. The molecule has 1 rings (SSSR count). The first-order valence-corrected chi connectivity index (χ1v) is 6.94. The molecule has 6 heteroatoms. The van der Waals surface area contributed by atoms with Gasteiger partial charge in [0, 0.05) is 18.2 Å². The van der Waals surface area contributed by atoms with E-state index in [2.05, 4.69) is 0 Å². The molecule has 0 fully saturated rings. The topological polar surface area (TPSA) is 60.4 Å². The van der Waals surface area contributed by atoms with Crippen molar-refractivity contribution in [3.63, 3.8) is 0 Å². The molecule has 0 heterocycles. The van der Waals surface area contributed by atoms with Gasteiger partial charge in [0.05, 0.1) is 12.9 Å². The molecule has 1 aromatic carbocycles. The number of halogens is 1. The Morgan fingerprint density at radius 1 is 1.41 bits per heavy atom. The van der Waals surface area contributed by atoms with Gasteiger partial charge in [-0.3, -0.25) is 4.79 Å². The maximum absolute atomic E-state index is 13.3. The molecule has 0 aliphatic heterocycles. The summed E-state index contributed by atoms with van der Waals surface area (Å²) in [4.78, 5) is 11.6. The normalized spacial score (nSPS) is 11.2. The summed E-state index contributed by atoms with van der Waals surface area (Å²) in [6.45, 7) is 0. The predicted octanol–water partition coefficient (Wildman–Crippen LogP) is 1.45. The van der Waals surface area contributed by atoms with Crippen LogP contribution in [0.5, 0.6) is 5.75 Å². The first-order chi connectivity index (χ1) is 7.83. The number of ketones is 1.